The molecule has 0 saturated heterocycles. The molecule has 94 valence electrons. The lowest BCUT2D eigenvalue weighted by atomic mass is 10.2. The van der Waals surface area contributed by atoms with Crippen LogP contribution in [-0.4, -0.2) is 34.1 Å². The Morgan fingerprint density at radius 3 is 2.44 bits per heavy atom. The van der Waals surface area contributed by atoms with E-state index in [1.165, 1.54) is 0 Å². The third-order valence-corrected chi connectivity index (χ3v) is 2.68. The average molecular weight is 245 g/mol. The number of aromatic nitrogens is 2. The maximum absolute atomic E-state index is 12.0. The second kappa shape index (κ2) is 5.44. The Morgan fingerprint density at radius 1 is 1.17 bits per heavy atom. The number of rotatable bonds is 4. The minimum Gasteiger partial charge on any atom is -0.412 e. The lowest BCUT2D eigenvalue weighted by Crippen LogP contribution is -2.30. The summed E-state index contributed by atoms with van der Waals surface area (Å²) in [5.41, 5.74) is 0.809. The number of carbonyl (C=O) groups excluding carboxylic acids is 1. The standard InChI is InChI=1S/C13H15N3O2/c1-3-16(4-2)13(17)12-15-14-11(18-12)10-8-6-5-7-9-10/h5-9H,3-4H2,1-2H3. The van der Waals surface area contributed by atoms with E-state index < -0.39 is 0 Å². The highest BCUT2D eigenvalue weighted by Crippen LogP contribution is 2.17. The molecule has 0 aliphatic rings. The van der Waals surface area contributed by atoms with Gasteiger partial charge in [0.15, 0.2) is 0 Å². The summed E-state index contributed by atoms with van der Waals surface area (Å²) >= 11 is 0. The van der Waals surface area contributed by atoms with E-state index in [-0.39, 0.29) is 11.8 Å². The normalized spacial score (nSPS) is 10.3. The van der Waals surface area contributed by atoms with Gasteiger partial charge in [-0.3, -0.25) is 4.79 Å². The summed E-state index contributed by atoms with van der Waals surface area (Å²) in [5.74, 6) is 0.179. The second-order valence-corrected chi connectivity index (χ2v) is 3.76. The molecule has 5 heteroatoms. The largest absolute Gasteiger partial charge is 0.412 e. The molecule has 5 nitrogen and oxygen atoms in total. The van der Waals surface area contributed by atoms with Crippen LogP contribution in [0, 0.1) is 0 Å². The van der Waals surface area contributed by atoms with Crippen LogP contribution in [0.5, 0.6) is 0 Å². The van der Waals surface area contributed by atoms with Gasteiger partial charge in [-0.05, 0) is 26.0 Å². The van der Waals surface area contributed by atoms with Crippen LogP contribution in [0.1, 0.15) is 24.5 Å². The average Bonchev–Trinajstić information content (AvgIpc) is 2.90. The minimum absolute atomic E-state index is 0.0394. The van der Waals surface area contributed by atoms with Crippen molar-refractivity contribution in [3.05, 3.63) is 36.2 Å². The van der Waals surface area contributed by atoms with Crippen molar-refractivity contribution < 1.29 is 9.21 Å². The third kappa shape index (κ3) is 2.40. The van der Waals surface area contributed by atoms with Gasteiger partial charge in [0.2, 0.25) is 5.89 Å². The Balaban J connectivity index is 2.23. The van der Waals surface area contributed by atoms with Crippen LogP contribution in [-0.2, 0) is 0 Å². The van der Waals surface area contributed by atoms with Gasteiger partial charge in [0, 0.05) is 18.7 Å². The summed E-state index contributed by atoms with van der Waals surface area (Å²) in [6.07, 6.45) is 0. The van der Waals surface area contributed by atoms with Gasteiger partial charge in [-0.15, -0.1) is 10.2 Å². The zero-order valence-corrected chi connectivity index (χ0v) is 10.5. The van der Waals surface area contributed by atoms with Crippen LogP contribution in [0.3, 0.4) is 0 Å². The van der Waals surface area contributed by atoms with Crippen molar-refractivity contribution in [2.24, 2.45) is 0 Å². The maximum atomic E-state index is 12.0. The molecule has 0 unspecified atom stereocenters. The number of hydrogen-bond donors (Lipinski definition) is 0. The minimum atomic E-state index is -0.227. The summed E-state index contributed by atoms with van der Waals surface area (Å²) in [7, 11) is 0. The highest BCUT2D eigenvalue weighted by atomic mass is 16.4. The summed E-state index contributed by atoms with van der Waals surface area (Å²) in [4.78, 5) is 13.6. The van der Waals surface area contributed by atoms with Gasteiger partial charge in [0.25, 0.3) is 0 Å². The van der Waals surface area contributed by atoms with Crippen LogP contribution in [0.25, 0.3) is 11.5 Å². The Labute approximate surface area is 105 Å². The molecule has 18 heavy (non-hydrogen) atoms. The van der Waals surface area contributed by atoms with E-state index in [1.54, 1.807) is 4.90 Å². The Bertz CT molecular complexity index is 518. The molecule has 0 aliphatic heterocycles. The Hall–Kier alpha value is -2.17. The fraction of sp³-hybridized carbons (Fsp3) is 0.308. The van der Waals surface area contributed by atoms with Crippen LogP contribution in [0.15, 0.2) is 34.7 Å². The van der Waals surface area contributed by atoms with Crippen LogP contribution in [0.2, 0.25) is 0 Å². The Morgan fingerprint density at radius 2 is 1.83 bits per heavy atom. The van der Waals surface area contributed by atoms with Crippen molar-refractivity contribution >= 4 is 5.91 Å². The summed E-state index contributed by atoms with van der Waals surface area (Å²) in [5, 5.41) is 7.70. The molecule has 0 spiro atoms. The number of nitrogens with zero attached hydrogens (tertiary/aromatic N) is 3. The lowest BCUT2D eigenvalue weighted by Gasteiger charge is -2.15. The fourth-order valence-electron chi connectivity index (χ4n) is 1.65. The number of hydrogen-bond acceptors (Lipinski definition) is 4. The highest BCUT2D eigenvalue weighted by molar-refractivity contribution is 5.89. The van der Waals surface area contributed by atoms with Crippen LogP contribution >= 0.6 is 0 Å². The van der Waals surface area contributed by atoms with E-state index >= 15 is 0 Å². The highest BCUT2D eigenvalue weighted by Gasteiger charge is 2.19. The van der Waals surface area contributed by atoms with Crippen molar-refractivity contribution in [2.45, 2.75) is 13.8 Å². The first-order valence-electron chi connectivity index (χ1n) is 5.94. The van der Waals surface area contributed by atoms with Gasteiger partial charge >= 0.3 is 11.8 Å². The zero-order chi connectivity index (χ0) is 13.0. The second-order valence-electron chi connectivity index (χ2n) is 3.76. The fourth-order valence-corrected chi connectivity index (χ4v) is 1.65. The molecule has 0 N–H and O–H groups in total. The van der Waals surface area contributed by atoms with E-state index in [0.29, 0.717) is 19.0 Å². The van der Waals surface area contributed by atoms with Gasteiger partial charge in [0.05, 0.1) is 0 Å². The maximum Gasteiger partial charge on any atom is 0.311 e. The van der Waals surface area contributed by atoms with Crippen molar-refractivity contribution in [3.63, 3.8) is 0 Å². The summed E-state index contributed by atoms with van der Waals surface area (Å²) in [6.45, 7) is 5.07. The molecule has 2 rings (SSSR count). The smallest absolute Gasteiger partial charge is 0.311 e. The predicted molar refractivity (Wildman–Crippen MR) is 67.0 cm³/mol. The third-order valence-electron chi connectivity index (χ3n) is 2.68. The van der Waals surface area contributed by atoms with E-state index in [9.17, 15) is 4.79 Å². The van der Waals surface area contributed by atoms with Gasteiger partial charge < -0.3 is 9.32 Å². The van der Waals surface area contributed by atoms with E-state index in [1.807, 2.05) is 44.2 Å². The first kappa shape index (κ1) is 12.3. The van der Waals surface area contributed by atoms with E-state index in [4.69, 9.17) is 4.42 Å². The van der Waals surface area contributed by atoms with Crippen molar-refractivity contribution in [1.29, 1.82) is 0 Å². The molecule has 0 radical (unpaired) electrons. The first-order valence-corrected chi connectivity index (χ1v) is 5.94. The van der Waals surface area contributed by atoms with Crippen molar-refractivity contribution in [1.82, 2.24) is 15.1 Å². The SMILES string of the molecule is CCN(CC)C(=O)c1nnc(-c2ccccc2)o1. The molecule has 0 bridgehead atoms. The molecule has 1 heterocycles. The molecular formula is C13H15N3O2. The first-order chi connectivity index (χ1) is 8.76. The van der Waals surface area contributed by atoms with E-state index in [2.05, 4.69) is 10.2 Å². The molecule has 1 aromatic heterocycles. The predicted octanol–water partition coefficient (Wildman–Crippen LogP) is 2.22. The molecule has 0 fully saturated rings. The van der Waals surface area contributed by atoms with Gasteiger partial charge in [-0.1, -0.05) is 18.2 Å². The van der Waals surface area contributed by atoms with Crippen molar-refractivity contribution in [2.75, 3.05) is 13.1 Å². The van der Waals surface area contributed by atoms with Crippen LogP contribution in [0.4, 0.5) is 0 Å². The Kier molecular flexibility index (Phi) is 3.72. The topological polar surface area (TPSA) is 59.2 Å². The molecule has 2 aromatic rings. The summed E-state index contributed by atoms with van der Waals surface area (Å²) in [6, 6.07) is 9.39. The zero-order valence-electron chi connectivity index (χ0n) is 10.5. The molecule has 0 aliphatic carbocycles. The van der Waals surface area contributed by atoms with Gasteiger partial charge in [-0.25, -0.2) is 0 Å². The molecule has 0 atom stereocenters. The number of benzene rings is 1. The molecule has 1 aromatic carbocycles. The monoisotopic (exact) mass is 245 g/mol. The van der Waals surface area contributed by atoms with Gasteiger partial charge in [0.1, 0.15) is 0 Å². The van der Waals surface area contributed by atoms with Crippen molar-refractivity contribution in [3.8, 4) is 11.5 Å². The lowest BCUT2D eigenvalue weighted by molar-refractivity contribution is 0.0733. The van der Waals surface area contributed by atoms with Crippen LogP contribution < -0.4 is 0 Å². The van der Waals surface area contributed by atoms with Gasteiger partial charge in [-0.2, -0.15) is 0 Å². The molecular weight excluding hydrogens is 230 g/mol. The van der Waals surface area contributed by atoms with E-state index in [0.717, 1.165) is 5.56 Å². The summed E-state index contributed by atoms with van der Waals surface area (Å²) < 4.78 is 5.40. The molecule has 0 saturated carbocycles. The number of carbonyl (C=O) groups is 1. The number of amides is 1. The quantitative estimate of drug-likeness (QED) is 0.828. The molecule has 1 amide bonds.